The summed E-state index contributed by atoms with van der Waals surface area (Å²) in [7, 11) is 3.07. The molecule has 0 saturated carbocycles. The maximum Gasteiger partial charge on any atom is 0.311 e. The van der Waals surface area contributed by atoms with Crippen LogP contribution in [0, 0.1) is 0 Å². The van der Waals surface area contributed by atoms with Gasteiger partial charge in [0.05, 0.1) is 20.5 Å². The number of carbonyl (C=O) groups excluding carboxylic acids is 1. The van der Waals surface area contributed by atoms with Crippen LogP contribution in [-0.4, -0.2) is 31.1 Å². The molecule has 0 spiro atoms. The zero-order valence-corrected chi connectivity index (χ0v) is 11.6. The van der Waals surface area contributed by atoms with E-state index in [0.717, 1.165) is 5.56 Å². The van der Waals surface area contributed by atoms with Crippen LogP contribution in [0.3, 0.4) is 0 Å². The standard InChI is InChI=1S/C15H14O6/c1-19-12-4-3-9(5-14(12)20-2)10-6-13(21-8-10)11(16)7-15(17)18/h3-6,8H,7H2,1-2H3,(H,17,18). The molecule has 0 amide bonds. The third-order valence-electron chi connectivity index (χ3n) is 2.90. The lowest BCUT2D eigenvalue weighted by Gasteiger charge is -2.08. The summed E-state index contributed by atoms with van der Waals surface area (Å²) in [6.07, 6.45) is 0.801. The van der Waals surface area contributed by atoms with Crippen molar-refractivity contribution in [3.05, 3.63) is 36.3 Å². The highest BCUT2D eigenvalue weighted by atomic mass is 16.5. The molecule has 0 fully saturated rings. The number of benzene rings is 1. The van der Waals surface area contributed by atoms with Gasteiger partial charge in [-0.3, -0.25) is 9.59 Å². The lowest BCUT2D eigenvalue weighted by atomic mass is 10.1. The van der Waals surface area contributed by atoms with E-state index in [0.29, 0.717) is 17.1 Å². The van der Waals surface area contributed by atoms with Gasteiger partial charge in [-0.2, -0.15) is 0 Å². The Hall–Kier alpha value is -2.76. The Balaban J connectivity index is 2.29. The van der Waals surface area contributed by atoms with E-state index >= 15 is 0 Å². The first kappa shape index (κ1) is 14.6. The number of hydrogen-bond acceptors (Lipinski definition) is 5. The summed E-state index contributed by atoms with van der Waals surface area (Å²) in [4.78, 5) is 22.1. The maximum atomic E-state index is 11.6. The van der Waals surface area contributed by atoms with Crippen molar-refractivity contribution in [1.29, 1.82) is 0 Å². The van der Waals surface area contributed by atoms with Gasteiger partial charge >= 0.3 is 5.97 Å². The van der Waals surface area contributed by atoms with Crippen LogP contribution in [0.4, 0.5) is 0 Å². The van der Waals surface area contributed by atoms with E-state index in [2.05, 4.69) is 0 Å². The minimum atomic E-state index is -1.19. The molecular weight excluding hydrogens is 276 g/mol. The molecule has 6 heteroatoms. The first-order chi connectivity index (χ1) is 10.0. The number of ketones is 1. The molecule has 1 aromatic heterocycles. The van der Waals surface area contributed by atoms with Crippen molar-refractivity contribution >= 4 is 11.8 Å². The van der Waals surface area contributed by atoms with Crippen molar-refractivity contribution in [2.24, 2.45) is 0 Å². The Morgan fingerprint density at radius 2 is 1.81 bits per heavy atom. The summed E-state index contributed by atoms with van der Waals surface area (Å²) < 4.78 is 15.5. The van der Waals surface area contributed by atoms with E-state index in [4.69, 9.17) is 19.0 Å². The average Bonchev–Trinajstić information content (AvgIpc) is 2.95. The van der Waals surface area contributed by atoms with Gasteiger partial charge < -0.3 is 19.0 Å². The molecule has 0 unspecified atom stereocenters. The summed E-state index contributed by atoms with van der Waals surface area (Å²) in [5.41, 5.74) is 1.43. The van der Waals surface area contributed by atoms with E-state index in [1.807, 2.05) is 0 Å². The van der Waals surface area contributed by atoms with Crippen LogP contribution in [0.5, 0.6) is 11.5 Å². The van der Waals surface area contributed by atoms with Gasteiger partial charge in [-0.1, -0.05) is 6.07 Å². The predicted molar refractivity (Wildman–Crippen MR) is 73.8 cm³/mol. The molecule has 6 nitrogen and oxygen atoms in total. The fraction of sp³-hybridized carbons (Fsp3) is 0.200. The van der Waals surface area contributed by atoms with Crippen molar-refractivity contribution in [3.63, 3.8) is 0 Å². The number of carboxylic acid groups (broad SMARTS) is 1. The molecule has 0 aliphatic heterocycles. The minimum absolute atomic E-state index is 0.0159. The summed E-state index contributed by atoms with van der Waals surface area (Å²) in [6.45, 7) is 0. The second-order valence-electron chi connectivity index (χ2n) is 4.26. The van der Waals surface area contributed by atoms with Crippen molar-refractivity contribution in [2.75, 3.05) is 14.2 Å². The maximum absolute atomic E-state index is 11.6. The number of ether oxygens (including phenoxy) is 2. The summed E-state index contributed by atoms with van der Waals surface area (Å²) >= 11 is 0. The normalized spacial score (nSPS) is 10.2. The molecule has 21 heavy (non-hydrogen) atoms. The van der Waals surface area contributed by atoms with E-state index in [9.17, 15) is 9.59 Å². The molecule has 1 heterocycles. The second-order valence-corrected chi connectivity index (χ2v) is 4.26. The molecule has 1 N–H and O–H groups in total. The molecule has 2 aromatic rings. The van der Waals surface area contributed by atoms with Gasteiger partial charge in [-0.05, 0) is 23.8 Å². The third-order valence-corrected chi connectivity index (χ3v) is 2.90. The van der Waals surface area contributed by atoms with Crippen LogP contribution in [-0.2, 0) is 4.79 Å². The highest BCUT2D eigenvalue weighted by Gasteiger charge is 2.16. The first-order valence-electron chi connectivity index (χ1n) is 6.11. The number of methoxy groups -OCH3 is 2. The zero-order chi connectivity index (χ0) is 15.4. The molecule has 110 valence electrons. The molecule has 1 aromatic carbocycles. The molecule has 0 aliphatic rings. The highest BCUT2D eigenvalue weighted by molar-refractivity contribution is 6.04. The number of hydrogen-bond donors (Lipinski definition) is 1. The van der Waals surface area contributed by atoms with Gasteiger partial charge in [0.1, 0.15) is 6.42 Å². The van der Waals surface area contributed by atoms with Crippen LogP contribution < -0.4 is 9.47 Å². The van der Waals surface area contributed by atoms with Gasteiger partial charge in [0.25, 0.3) is 0 Å². The number of furan rings is 1. The smallest absolute Gasteiger partial charge is 0.311 e. The molecule has 0 radical (unpaired) electrons. The lowest BCUT2D eigenvalue weighted by molar-refractivity contribution is -0.135. The van der Waals surface area contributed by atoms with Crippen LogP contribution in [0.25, 0.3) is 11.1 Å². The van der Waals surface area contributed by atoms with Crippen molar-refractivity contribution < 1.29 is 28.6 Å². The van der Waals surface area contributed by atoms with Gasteiger partial charge in [0.2, 0.25) is 5.78 Å². The molecular formula is C15H14O6. The summed E-state index contributed by atoms with van der Waals surface area (Å²) in [5, 5.41) is 8.60. The number of Topliss-reactive ketones (excluding diaryl/α,β-unsaturated/α-hetero) is 1. The predicted octanol–water partition coefficient (Wildman–Crippen LogP) is 2.62. The Kier molecular flexibility index (Phi) is 4.27. The highest BCUT2D eigenvalue weighted by Crippen LogP contribution is 2.33. The number of carbonyl (C=O) groups is 2. The van der Waals surface area contributed by atoms with Crippen molar-refractivity contribution in [2.45, 2.75) is 6.42 Å². The molecule has 0 atom stereocenters. The van der Waals surface area contributed by atoms with Crippen LogP contribution in [0.15, 0.2) is 34.9 Å². The van der Waals surface area contributed by atoms with E-state index in [1.54, 1.807) is 18.2 Å². The fourth-order valence-corrected chi connectivity index (χ4v) is 1.87. The average molecular weight is 290 g/mol. The third kappa shape index (κ3) is 3.22. The van der Waals surface area contributed by atoms with Gasteiger partial charge in [-0.15, -0.1) is 0 Å². The number of rotatable bonds is 6. The van der Waals surface area contributed by atoms with Crippen LogP contribution in [0.2, 0.25) is 0 Å². The van der Waals surface area contributed by atoms with Gasteiger partial charge in [0.15, 0.2) is 17.3 Å². The van der Waals surface area contributed by atoms with Crippen molar-refractivity contribution in [3.8, 4) is 22.6 Å². The molecule has 0 bridgehead atoms. The Morgan fingerprint density at radius 3 is 2.43 bits per heavy atom. The van der Waals surface area contributed by atoms with E-state index in [1.165, 1.54) is 26.5 Å². The number of aliphatic carboxylic acids is 1. The van der Waals surface area contributed by atoms with Crippen LogP contribution in [0.1, 0.15) is 17.0 Å². The molecule has 2 rings (SSSR count). The lowest BCUT2D eigenvalue weighted by Crippen LogP contribution is -2.05. The summed E-state index contributed by atoms with van der Waals surface area (Å²) in [5.74, 6) is -0.609. The monoisotopic (exact) mass is 290 g/mol. The van der Waals surface area contributed by atoms with E-state index < -0.39 is 18.2 Å². The van der Waals surface area contributed by atoms with Crippen LogP contribution >= 0.6 is 0 Å². The SMILES string of the molecule is COc1ccc(-c2coc(C(=O)CC(=O)O)c2)cc1OC. The van der Waals surface area contributed by atoms with E-state index in [-0.39, 0.29) is 5.76 Å². The quantitative estimate of drug-likeness (QED) is 0.650. The Bertz CT molecular complexity index is 671. The zero-order valence-electron chi connectivity index (χ0n) is 11.6. The molecule has 0 saturated heterocycles. The van der Waals surface area contributed by atoms with Gasteiger partial charge in [0, 0.05) is 5.56 Å². The van der Waals surface area contributed by atoms with Gasteiger partial charge in [-0.25, -0.2) is 0 Å². The largest absolute Gasteiger partial charge is 0.493 e. The minimum Gasteiger partial charge on any atom is -0.493 e. The Morgan fingerprint density at radius 1 is 1.10 bits per heavy atom. The fourth-order valence-electron chi connectivity index (χ4n) is 1.87. The summed E-state index contributed by atoms with van der Waals surface area (Å²) in [6, 6.07) is 6.78. The topological polar surface area (TPSA) is 86.0 Å². The number of carboxylic acids is 1. The second kappa shape index (κ2) is 6.13. The Labute approximate surface area is 120 Å². The van der Waals surface area contributed by atoms with Crippen molar-refractivity contribution in [1.82, 2.24) is 0 Å². The first-order valence-corrected chi connectivity index (χ1v) is 6.11. The molecule has 0 aliphatic carbocycles.